The first-order chi connectivity index (χ1) is 10.5. The molecule has 0 spiro atoms. The molecule has 0 unspecified atom stereocenters. The number of benzene rings is 1. The van der Waals surface area contributed by atoms with Crippen molar-refractivity contribution in [3.05, 3.63) is 57.6 Å². The van der Waals surface area contributed by atoms with E-state index < -0.39 is 10.7 Å². The number of hydrogen-bond donors (Lipinski definition) is 2. The Hall–Kier alpha value is -2.55. The van der Waals surface area contributed by atoms with E-state index in [1.807, 2.05) is 0 Å². The highest BCUT2D eigenvalue weighted by Gasteiger charge is 2.23. The van der Waals surface area contributed by atoms with Gasteiger partial charge in [0.25, 0.3) is 0 Å². The van der Waals surface area contributed by atoms with Crippen molar-refractivity contribution in [2.45, 2.75) is 0 Å². The molecule has 22 heavy (non-hydrogen) atoms. The molecule has 0 saturated heterocycles. The molecule has 2 rings (SSSR count). The van der Waals surface area contributed by atoms with Gasteiger partial charge in [-0.2, -0.15) is 0 Å². The van der Waals surface area contributed by atoms with Crippen LogP contribution in [0.25, 0.3) is 0 Å². The van der Waals surface area contributed by atoms with Crippen molar-refractivity contribution < 1.29 is 9.31 Å². The van der Waals surface area contributed by atoms with Crippen molar-refractivity contribution in [3.63, 3.8) is 0 Å². The molecule has 0 aliphatic heterocycles. The first kappa shape index (κ1) is 15.8. The van der Waals surface area contributed by atoms with Gasteiger partial charge in [0, 0.05) is 11.0 Å². The molecule has 1 heterocycles. The third-order valence-electron chi connectivity index (χ3n) is 2.60. The fourth-order valence-corrected chi connectivity index (χ4v) is 1.99. The fraction of sp³-hybridized carbons (Fsp3) is 0.0769. The molecule has 1 aromatic carbocycles. The summed E-state index contributed by atoms with van der Waals surface area (Å²) in [6, 6.07) is 4.30. The molecule has 7 nitrogen and oxygen atoms in total. The molecule has 0 fully saturated rings. The topological polar surface area (TPSA) is 93.0 Å². The lowest BCUT2D eigenvalue weighted by Gasteiger charge is -2.10. The third-order valence-corrected chi connectivity index (χ3v) is 3.10. The summed E-state index contributed by atoms with van der Waals surface area (Å²) in [6.07, 6.45) is 2.69. The molecule has 0 radical (unpaired) electrons. The predicted molar refractivity (Wildman–Crippen MR) is 84.8 cm³/mol. The second-order valence-corrected chi connectivity index (χ2v) is 5.01. The van der Waals surface area contributed by atoms with Crippen molar-refractivity contribution in [2.75, 3.05) is 17.2 Å². The van der Waals surface area contributed by atoms with Crippen molar-refractivity contribution in [3.8, 4) is 0 Å². The van der Waals surface area contributed by atoms with Crippen LogP contribution in [-0.2, 0) is 0 Å². The Morgan fingerprint density at radius 3 is 2.77 bits per heavy atom. The Balaban J connectivity index is 2.41. The summed E-state index contributed by atoms with van der Waals surface area (Å²) in [6.45, 7) is 3.81. The molecule has 0 aliphatic carbocycles. The maximum absolute atomic E-state index is 13.8. The average Bonchev–Trinajstić information content (AvgIpc) is 2.47. The van der Waals surface area contributed by atoms with Crippen LogP contribution in [0, 0.1) is 15.9 Å². The lowest BCUT2D eigenvalue weighted by molar-refractivity contribution is -0.383. The van der Waals surface area contributed by atoms with Gasteiger partial charge in [0.1, 0.15) is 12.1 Å². The summed E-state index contributed by atoms with van der Waals surface area (Å²) in [7, 11) is 0. The van der Waals surface area contributed by atoms with E-state index in [2.05, 4.69) is 43.1 Å². The summed E-state index contributed by atoms with van der Waals surface area (Å²) >= 11 is 3.14. The zero-order valence-corrected chi connectivity index (χ0v) is 12.8. The second kappa shape index (κ2) is 6.94. The number of anilines is 3. The molecule has 0 saturated carbocycles. The first-order valence-corrected chi connectivity index (χ1v) is 6.88. The van der Waals surface area contributed by atoms with Gasteiger partial charge in [-0.1, -0.05) is 22.0 Å². The average molecular weight is 368 g/mol. The minimum atomic E-state index is -0.634. The highest BCUT2D eigenvalue weighted by molar-refractivity contribution is 9.10. The van der Waals surface area contributed by atoms with E-state index in [0.29, 0.717) is 11.0 Å². The van der Waals surface area contributed by atoms with Gasteiger partial charge in [0.05, 0.1) is 10.6 Å². The summed E-state index contributed by atoms with van der Waals surface area (Å²) in [5, 5.41) is 16.6. The zero-order valence-electron chi connectivity index (χ0n) is 11.2. The van der Waals surface area contributed by atoms with Gasteiger partial charge in [-0.05, 0) is 18.2 Å². The number of nitrogens with zero attached hydrogens (tertiary/aromatic N) is 3. The quantitative estimate of drug-likeness (QED) is 0.460. The number of halogens is 2. The molecule has 1 aromatic heterocycles. The van der Waals surface area contributed by atoms with Gasteiger partial charge in [0.2, 0.25) is 11.6 Å². The van der Waals surface area contributed by atoms with Crippen LogP contribution in [0.15, 0.2) is 41.7 Å². The molecule has 2 aromatic rings. The van der Waals surface area contributed by atoms with Crippen molar-refractivity contribution >= 4 is 38.9 Å². The van der Waals surface area contributed by atoms with Crippen LogP contribution in [0.3, 0.4) is 0 Å². The minimum absolute atomic E-state index is 0.0277. The highest BCUT2D eigenvalue weighted by atomic mass is 79.9. The number of nitro groups is 1. The van der Waals surface area contributed by atoms with Gasteiger partial charge < -0.3 is 10.6 Å². The van der Waals surface area contributed by atoms with E-state index in [1.165, 1.54) is 18.2 Å². The Morgan fingerprint density at radius 2 is 2.14 bits per heavy atom. The maximum Gasteiger partial charge on any atom is 0.353 e. The lowest BCUT2D eigenvalue weighted by atomic mass is 10.3. The van der Waals surface area contributed by atoms with Gasteiger partial charge in [-0.3, -0.25) is 10.1 Å². The third kappa shape index (κ3) is 3.55. The molecule has 2 N–H and O–H groups in total. The van der Waals surface area contributed by atoms with Gasteiger partial charge in [0.15, 0.2) is 0 Å². The van der Waals surface area contributed by atoms with Gasteiger partial charge >= 0.3 is 5.69 Å². The van der Waals surface area contributed by atoms with E-state index in [4.69, 9.17) is 0 Å². The summed E-state index contributed by atoms with van der Waals surface area (Å²) in [4.78, 5) is 18.3. The van der Waals surface area contributed by atoms with E-state index in [9.17, 15) is 14.5 Å². The van der Waals surface area contributed by atoms with E-state index >= 15 is 0 Å². The molecule has 0 aliphatic rings. The largest absolute Gasteiger partial charge is 0.361 e. The molecule has 0 amide bonds. The van der Waals surface area contributed by atoms with E-state index in [1.54, 1.807) is 6.07 Å². The molecule has 114 valence electrons. The standard InChI is InChI=1S/C13H11BrFN5O2/c1-2-5-16-12-11(20(21)22)13(18-7-17-12)19-10-4-3-8(14)6-9(10)15/h2-4,6-7H,1,5H2,(H2,16,17,18,19). The van der Waals surface area contributed by atoms with E-state index in [0.717, 1.165) is 6.33 Å². The van der Waals surface area contributed by atoms with Crippen LogP contribution in [0.5, 0.6) is 0 Å². The normalized spacial score (nSPS) is 10.1. The molecular formula is C13H11BrFN5O2. The summed E-state index contributed by atoms with van der Waals surface area (Å²) in [5.41, 5.74) is -0.300. The monoisotopic (exact) mass is 367 g/mol. The summed E-state index contributed by atoms with van der Waals surface area (Å²) < 4.78 is 14.4. The maximum atomic E-state index is 13.8. The van der Waals surface area contributed by atoms with Crippen molar-refractivity contribution in [2.24, 2.45) is 0 Å². The smallest absolute Gasteiger partial charge is 0.353 e. The Morgan fingerprint density at radius 1 is 1.41 bits per heavy atom. The van der Waals surface area contributed by atoms with Gasteiger partial charge in [-0.15, -0.1) is 6.58 Å². The Bertz CT molecular complexity index is 726. The van der Waals surface area contributed by atoms with Crippen LogP contribution in [0.2, 0.25) is 0 Å². The molecular weight excluding hydrogens is 357 g/mol. The Labute approximate surface area is 133 Å². The molecule has 0 bridgehead atoms. The fourth-order valence-electron chi connectivity index (χ4n) is 1.66. The number of hydrogen-bond acceptors (Lipinski definition) is 6. The van der Waals surface area contributed by atoms with Crippen LogP contribution < -0.4 is 10.6 Å². The minimum Gasteiger partial charge on any atom is -0.361 e. The molecule has 0 atom stereocenters. The number of nitrogens with one attached hydrogen (secondary N) is 2. The predicted octanol–water partition coefficient (Wildman–Crippen LogP) is 3.63. The summed E-state index contributed by atoms with van der Waals surface area (Å²) in [5.74, 6) is -0.643. The van der Waals surface area contributed by atoms with Crippen molar-refractivity contribution in [1.29, 1.82) is 0 Å². The first-order valence-electron chi connectivity index (χ1n) is 6.09. The number of rotatable bonds is 6. The number of aromatic nitrogens is 2. The molecule has 9 heteroatoms. The second-order valence-electron chi connectivity index (χ2n) is 4.10. The van der Waals surface area contributed by atoms with Crippen LogP contribution in [-0.4, -0.2) is 21.4 Å². The Kier molecular flexibility index (Phi) is 4.99. The SMILES string of the molecule is C=CCNc1ncnc(Nc2ccc(Br)cc2F)c1[N+](=O)[O-]. The zero-order chi connectivity index (χ0) is 16.1. The highest BCUT2D eigenvalue weighted by Crippen LogP contribution is 2.32. The van der Waals surface area contributed by atoms with Crippen molar-refractivity contribution in [1.82, 2.24) is 9.97 Å². The van der Waals surface area contributed by atoms with E-state index in [-0.39, 0.29) is 23.0 Å². The lowest BCUT2D eigenvalue weighted by Crippen LogP contribution is -2.08. The van der Waals surface area contributed by atoms with Crippen LogP contribution in [0.1, 0.15) is 0 Å². The van der Waals surface area contributed by atoms with Gasteiger partial charge in [-0.25, -0.2) is 14.4 Å². The van der Waals surface area contributed by atoms with Crippen LogP contribution >= 0.6 is 15.9 Å². The van der Waals surface area contributed by atoms with Crippen LogP contribution in [0.4, 0.5) is 27.4 Å².